The average Bonchev–Trinajstić information content (AvgIpc) is 2.71. The van der Waals surface area contributed by atoms with Crippen molar-refractivity contribution in [3.8, 4) is 5.75 Å². The Hall–Kier alpha value is -2.80. The van der Waals surface area contributed by atoms with E-state index in [1.807, 2.05) is 19.1 Å². The van der Waals surface area contributed by atoms with Crippen molar-refractivity contribution in [3.05, 3.63) is 107 Å². The number of benzene rings is 2. The van der Waals surface area contributed by atoms with Crippen LogP contribution in [0.25, 0.3) is 5.57 Å². The largest absolute Gasteiger partial charge is 0.494 e. The van der Waals surface area contributed by atoms with Crippen LogP contribution in [0.5, 0.6) is 5.75 Å². The second kappa shape index (κ2) is 11.4. The van der Waals surface area contributed by atoms with E-state index in [9.17, 15) is 0 Å². The maximum atomic E-state index is 5.59. The van der Waals surface area contributed by atoms with Gasteiger partial charge in [0.15, 0.2) is 0 Å². The van der Waals surface area contributed by atoms with Crippen LogP contribution in [-0.4, -0.2) is 6.61 Å². The molecule has 2 rings (SSSR count). The van der Waals surface area contributed by atoms with Crippen molar-refractivity contribution in [2.75, 3.05) is 6.61 Å². The summed E-state index contributed by atoms with van der Waals surface area (Å²) in [5.41, 5.74) is 9.34. The number of allylic oxidation sites excluding steroid dienone is 7. The molecule has 0 bridgehead atoms. The van der Waals surface area contributed by atoms with E-state index in [0.29, 0.717) is 12.5 Å². The van der Waals surface area contributed by atoms with Crippen molar-refractivity contribution in [2.45, 2.75) is 48.0 Å². The zero-order valence-electron chi connectivity index (χ0n) is 19.5. The summed E-state index contributed by atoms with van der Waals surface area (Å²) in [6.07, 6.45) is 9.04. The van der Waals surface area contributed by atoms with Crippen LogP contribution < -0.4 is 4.74 Å². The predicted molar refractivity (Wildman–Crippen MR) is 132 cm³/mol. The summed E-state index contributed by atoms with van der Waals surface area (Å²) in [4.78, 5) is 0. The molecule has 158 valence electrons. The third kappa shape index (κ3) is 6.35. The Morgan fingerprint density at radius 3 is 2.37 bits per heavy atom. The molecule has 0 fully saturated rings. The van der Waals surface area contributed by atoms with Crippen LogP contribution in [0.15, 0.2) is 84.5 Å². The van der Waals surface area contributed by atoms with Crippen LogP contribution in [0.4, 0.5) is 0 Å². The Labute approximate surface area is 183 Å². The minimum absolute atomic E-state index is 0.385. The monoisotopic (exact) mass is 400 g/mol. The molecule has 0 radical (unpaired) electrons. The van der Waals surface area contributed by atoms with E-state index in [0.717, 1.165) is 12.2 Å². The highest BCUT2D eigenvalue weighted by Gasteiger charge is 2.17. The summed E-state index contributed by atoms with van der Waals surface area (Å²) in [6.45, 7) is 17.7. The molecule has 30 heavy (non-hydrogen) atoms. The molecule has 0 spiro atoms. The lowest BCUT2D eigenvalue weighted by atomic mass is 9.83. The number of rotatable bonds is 9. The van der Waals surface area contributed by atoms with E-state index in [1.54, 1.807) is 0 Å². The van der Waals surface area contributed by atoms with Crippen LogP contribution in [0.3, 0.4) is 0 Å². The first-order valence-electron chi connectivity index (χ1n) is 10.8. The van der Waals surface area contributed by atoms with Gasteiger partial charge in [-0.1, -0.05) is 73.7 Å². The summed E-state index contributed by atoms with van der Waals surface area (Å²) < 4.78 is 5.59. The maximum absolute atomic E-state index is 5.59. The molecule has 1 atom stereocenters. The molecule has 0 N–H and O–H groups in total. The lowest BCUT2D eigenvalue weighted by molar-refractivity contribution is 0.340. The quantitative estimate of drug-likeness (QED) is 0.387. The van der Waals surface area contributed by atoms with Gasteiger partial charge < -0.3 is 4.74 Å². The topological polar surface area (TPSA) is 9.23 Å². The molecule has 0 heterocycles. The lowest BCUT2D eigenvalue weighted by Crippen LogP contribution is -2.08. The molecule has 0 saturated carbocycles. The van der Waals surface area contributed by atoms with E-state index in [4.69, 9.17) is 4.74 Å². The third-order valence-corrected chi connectivity index (χ3v) is 5.49. The highest BCUT2D eigenvalue weighted by molar-refractivity contribution is 5.74. The Morgan fingerprint density at radius 1 is 1.03 bits per heavy atom. The fourth-order valence-corrected chi connectivity index (χ4v) is 4.05. The van der Waals surface area contributed by atoms with Crippen LogP contribution in [0.1, 0.15) is 49.9 Å². The first-order chi connectivity index (χ1) is 14.4. The molecule has 0 saturated heterocycles. The van der Waals surface area contributed by atoms with Crippen molar-refractivity contribution in [1.82, 2.24) is 0 Å². The second-order valence-corrected chi connectivity index (χ2v) is 8.01. The molecule has 1 unspecified atom stereocenters. The molecule has 0 aliphatic heterocycles. The molecule has 0 aromatic heterocycles. The van der Waals surface area contributed by atoms with Crippen molar-refractivity contribution >= 4 is 5.57 Å². The standard InChI is InChI=1S/C29H36O/c1-8-10-11-12-23(5)29(25(7)28-19-21(3)13-14-22(28)4)24(6)20-26-15-17-27(18-16-26)30-9-2/h8,10-19,24H,1,9,20H2,2-7H3/b11-10-,23-12+,29-25-. The van der Waals surface area contributed by atoms with Gasteiger partial charge in [0.1, 0.15) is 5.75 Å². The zero-order chi connectivity index (χ0) is 22.1. The second-order valence-electron chi connectivity index (χ2n) is 8.01. The highest BCUT2D eigenvalue weighted by Crippen LogP contribution is 2.33. The van der Waals surface area contributed by atoms with E-state index in [1.165, 1.54) is 39.0 Å². The molecular weight excluding hydrogens is 364 g/mol. The Kier molecular flexibility index (Phi) is 8.92. The van der Waals surface area contributed by atoms with Gasteiger partial charge >= 0.3 is 0 Å². The van der Waals surface area contributed by atoms with Gasteiger partial charge in [0.25, 0.3) is 0 Å². The van der Waals surface area contributed by atoms with Gasteiger partial charge in [0.2, 0.25) is 0 Å². The number of aryl methyl sites for hydroxylation is 2. The first-order valence-corrected chi connectivity index (χ1v) is 10.8. The smallest absolute Gasteiger partial charge is 0.119 e. The fourth-order valence-electron chi connectivity index (χ4n) is 4.05. The number of ether oxygens (including phenoxy) is 1. The van der Waals surface area contributed by atoms with Crippen molar-refractivity contribution in [2.24, 2.45) is 5.92 Å². The molecule has 1 heteroatoms. The lowest BCUT2D eigenvalue weighted by Gasteiger charge is -2.22. The first kappa shape index (κ1) is 23.5. The number of hydrogen-bond acceptors (Lipinski definition) is 1. The summed E-state index contributed by atoms with van der Waals surface area (Å²) in [5.74, 6) is 1.32. The molecule has 0 aliphatic rings. The Morgan fingerprint density at radius 2 is 1.73 bits per heavy atom. The fraction of sp³-hybridized carbons (Fsp3) is 0.310. The SMILES string of the molecule is C=C\C=C/C=C(C)/C(=C(\C)c1cc(C)ccc1C)C(C)Cc1ccc(OCC)cc1. The summed E-state index contributed by atoms with van der Waals surface area (Å²) in [5, 5.41) is 0. The van der Waals surface area contributed by atoms with Gasteiger partial charge in [0.05, 0.1) is 6.61 Å². The van der Waals surface area contributed by atoms with Crippen molar-refractivity contribution in [1.29, 1.82) is 0 Å². The minimum atomic E-state index is 0.385. The molecule has 2 aromatic carbocycles. The molecule has 2 aromatic rings. The van der Waals surface area contributed by atoms with Gasteiger partial charge in [-0.3, -0.25) is 0 Å². The van der Waals surface area contributed by atoms with Crippen LogP contribution >= 0.6 is 0 Å². The average molecular weight is 401 g/mol. The maximum Gasteiger partial charge on any atom is 0.119 e. The minimum Gasteiger partial charge on any atom is -0.494 e. The summed E-state index contributed by atoms with van der Waals surface area (Å²) in [7, 11) is 0. The molecule has 0 amide bonds. The van der Waals surface area contributed by atoms with E-state index < -0.39 is 0 Å². The van der Waals surface area contributed by atoms with E-state index in [-0.39, 0.29) is 0 Å². The Balaban J connectivity index is 2.46. The number of hydrogen-bond donors (Lipinski definition) is 0. The summed E-state index contributed by atoms with van der Waals surface area (Å²) in [6, 6.07) is 15.2. The zero-order valence-corrected chi connectivity index (χ0v) is 19.5. The van der Waals surface area contributed by atoms with Gasteiger partial charge in [-0.2, -0.15) is 0 Å². The molecule has 0 aliphatic carbocycles. The summed E-state index contributed by atoms with van der Waals surface area (Å²) >= 11 is 0. The van der Waals surface area contributed by atoms with Crippen LogP contribution in [-0.2, 0) is 6.42 Å². The molecule has 1 nitrogen and oxygen atoms in total. The predicted octanol–water partition coefficient (Wildman–Crippen LogP) is 8.04. The van der Waals surface area contributed by atoms with Crippen LogP contribution in [0, 0.1) is 19.8 Å². The van der Waals surface area contributed by atoms with Crippen molar-refractivity contribution in [3.63, 3.8) is 0 Å². The van der Waals surface area contributed by atoms with Crippen molar-refractivity contribution < 1.29 is 4.74 Å². The van der Waals surface area contributed by atoms with Gasteiger partial charge in [0, 0.05) is 0 Å². The van der Waals surface area contributed by atoms with Gasteiger partial charge in [-0.25, -0.2) is 0 Å². The van der Waals surface area contributed by atoms with E-state index in [2.05, 4.69) is 95.8 Å². The normalized spacial score (nSPS) is 13.9. The van der Waals surface area contributed by atoms with E-state index >= 15 is 0 Å². The van der Waals surface area contributed by atoms with Crippen LogP contribution in [0.2, 0.25) is 0 Å². The Bertz CT molecular complexity index is 939. The third-order valence-electron chi connectivity index (χ3n) is 5.49. The molecular formula is C29H36O. The van der Waals surface area contributed by atoms with Gasteiger partial charge in [-0.05, 0) is 92.5 Å². The van der Waals surface area contributed by atoms with Gasteiger partial charge in [-0.15, -0.1) is 0 Å². The highest BCUT2D eigenvalue weighted by atomic mass is 16.5.